The first-order valence-corrected chi connectivity index (χ1v) is 17.6. The first kappa shape index (κ1) is 33.2. The van der Waals surface area contributed by atoms with Crippen LogP contribution in [0.2, 0.25) is 0 Å². The summed E-state index contributed by atoms with van der Waals surface area (Å²) in [5.74, 6) is 0. The highest BCUT2D eigenvalue weighted by atomic mass is 32.2. The molecule has 228 valence electrons. The predicted molar refractivity (Wildman–Crippen MR) is 190 cm³/mol. The molecule has 0 aliphatic carbocycles. The van der Waals surface area contributed by atoms with Crippen LogP contribution in [-0.4, -0.2) is 26.2 Å². The lowest BCUT2D eigenvalue weighted by atomic mass is 10.1. The van der Waals surface area contributed by atoms with Crippen molar-refractivity contribution in [1.29, 1.82) is 0 Å². The zero-order valence-electron chi connectivity index (χ0n) is 26.9. The van der Waals surface area contributed by atoms with Gasteiger partial charge in [-0.25, -0.2) is 0 Å². The van der Waals surface area contributed by atoms with E-state index in [-0.39, 0.29) is 0 Å². The Morgan fingerprint density at radius 3 is 1.49 bits per heavy atom. The van der Waals surface area contributed by atoms with Crippen molar-refractivity contribution in [2.75, 3.05) is 31.1 Å². The van der Waals surface area contributed by atoms with Crippen LogP contribution in [0.5, 0.6) is 0 Å². The van der Waals surface area contributed by atoms with Crippen LogP contribution in [0.1, 0.15) is 66.3 Å². The minimum Gasteiger partial charge on any atom is -0.371 e. The SMILES string of the molecule is C1CCNCC1.Cc1ccc(Sc2ccccc2C)c(C)c1.Cc1ccc(Sc2ccccc2N2CCCCC2)c(C)c1. The maximum atomic E-state index is 3.28. The van der Waals surface area contributed by atoms with Gasteiger partial charge in [0.25, 0.3) is 0 Å². The van der Waals surface area contributed by atoms with Gasteiger partial charge in [0.15, 0.2) is 0 Å². The van der Waals surface area contributed by atoms with Crippen LogP contribution in [0.25, 0.3) is 0 Å². The Morgan fingerprint density at radius 2 is 0.977 bits per heavy atom. The molecule has 6 rings (SSSR count). The van der Waals surface area contributed by atoms with Gasteiger partial charge in [0, 0.05) is 32.7 Å². The molecular formula is C39H50N2S2. The highest BCUT2D eigenvalue weighted by Gasteiger charge is 2.15. The molecule has 2 heterocycles. The number of aryl methyl sites for hydroxylation is 5. The van der Waals surface area contributed by atoms with Gasteiger partial charge in [0.2, 0.25) is 0 Å². The Bertz CT molecular complexity index is 1410. The van der Waals surface area contributed by atoms with E-state index >= 15 is 0 Å². The Labute approximate surface area is 270 Å². The predicted octanol–water partition coefficient (Wildman–Crippen LogP) is 11.0. The molecule has 0 spiro atoms. The Morgan fingerprint density at radius 1 is 0.488 bits per heavy atom. The number of nitrogens with zero attached hydrogens (tertiary/aromatic N) is 1. The third-order valence-electron chi connectivity index (χ3n) is 7.96. The second kappa shape index (κ2) is 17.6. The fraction of sp³-hybridized carbons (Fsp3) is 0.385. The second-order valence-electron chi connectivity index (χ2n) is 11.8. The van der Waals surface area contributed by atoms with Crippen LogP contribution < -0.4 is 10.2 Å². The van der Waals surface area contributed by atoms with Crippen molar-refractivity contribution in [2.24, 2.45) is 0 Å². The van der Waals surface area contributed by atoms with Gasteiger partial charge in [0.05, 0.1) is 5.69 Å². The van der Waals surface area contributed by atoms with E-state index in [1.165, 1.54) is 118 Å². The summed E-state index contributed by atoms with van der Waals surface area (Å²) < 4.78 is 0. The van der Waals surface area contributed by atoms with E-state index in [4.69, 9.17) is 0 Å². The van der Waals surface area contributed by atoms with E-state index in [2.05, 4.69) is 130 Å². The van der Waals surface area contributed by atoms with Crippen LogP contribution in [-0.2, 0) is 0 Å². The molecule has 0 atom stereocenters. The second-order valence-corrected chi connectivity index (χ2v) is 14.0. The molecule has 2 aliphatic heterocycles. The first-order valence-electron chi connectivity index (χ1n) is 16.0. The molecule has 1 N–H and O–H groups in total. The molecule has 2 fully saturated rings. The molecule has 0 saturated carbocycles. The quantitative estimate of drug-likeness (QED) is 0.242. The summed E-state index contributed by atoms with van der Waals surface area (Å²) in [7, 11) is 0. The molecule has 0 bridgehead atoms. The van der Waals surface area contributed by atoms with Crippen molar-refractivity contribution in [3.8, 4) is 0 Å². The fourth-order valence-corrected chi connectivity index (χ4v) is 7.49. The van der Waals surface area contributed by atoms with E-state index in [1.807, 2.05) is 23.5 Å². The number of hydrogen-bond acceptors (Lipinski definition) is 4. The summed E-state index contributed by atoms with van der Waals surface area (Å²) in [4.78, 5) is 7.99. The van der Waals surface area contributed by atoms with Gasteiger partial charge < -0.3 is 10.2 Å². The van der Waals surface area contributed by atoms with Gasteiger partial charge in [-0.1, -0.05) is 95.7 Å². The minimum absolute atomic E-state index is 1.20. The lowest BCUT2D eigenvalue weighted by Crippen LogP contribution is -2.29. The summed E-state index contributed by atoms with van der Waals surface area (Å²) in [6.45, 7) is 15.7. The number of benzene rings is 4. The van der Waals surface area contributed by atoms with Crippen molar-refractivity contribution in [1.82, 2.24) is 5.32 Å². The highest BCUT2D eigenvalue weighted by Crippen LogP contribution is 2.38. The average Bonchev–Trinajstić information content (AvgIpc) is 3.03. The summed E-state index contributed by atoms with van der Waals surface area (Å²) in [6.07, 6.45) is 8.24. The normalized spacial score (nSPS) is 14.7. The molecule has 0 amide bonds. The Hall–Kier alpha value is -2.66. The third-order valence-corrected chi connectivity index (χ3v) is 10.6. The van der Waals surface area contributed by atoms with Crippen molar-refractivity contribution >= 4 is 29.2 Å². The van der Waals surface area contributed by atoms with Gasteiger partial charge >= 0.3 is 0 Å². The lowest BCUT2D eigenvalue weighted by molar-refractivity contribution is 0.520. The molecule has 2 saturated heterocycles. The molecule has 4 heteroatoms. The summed E-state index contributed by atoms with van der Waals surface area (Å²) in [5, 5.41) is 3.28. The topological polar surface area (TPSA) is 15.3 Å². The van der Waals surface area contributed by atoms with Crippen LogP contribution in [0.4, 0.5) is 5.69 Å². The van der Waals surface area contributed by atoms with Crippen LogP contribution in [0, 0.1) is 34.6 Å². The largest absolute Gasteiger partial charge is 0.371 e. The first-order chi connectivity index (χ1) is 20.9. The van der Waals surface area contributed by atoms with Crippen molar-refractivity contribution in [3.63, 3.8) is 0 Å². The number of rotatable bonds is 5. The maximum Gasteiger partial charge on any atom is 0.0508 e. The summed E-state index contributed by atoms with van der Waals surface area (Å²) in [5.41, 5.74) is 8.13. The number of hydrogen-bond donors (Lipinski definition) is 1. The van der Waals surface area contributed by atoms with Crippen molar-refractivity contribution in [2.45, 2.75) is 92.7 Å². The molecule has 0 aromatic heterocycles. The number of nitrogens with one attached hydrogen (secondary N) is 1. The van der Waals surface area contributed by atoms with E-state index < -0.39 is 0 Å². The van der Waals surface area contributed by atoms with Gasteiger partial charge in [-0.05, 0) is 127 Å². The molecule has 43 heavy (non-hydrogen) atoms. The molecule has 2 nitrogen and oxygen atoms in total. The van der Waals surface area contributed by atoms with Gasteiger partial charge in [-0.15, -0.1) is 0 Å². The van der Waals surface area contributed by atoms with Gasteiger partial charge in [-0.3, -0.25) is 0 Å². The average molecular weight is 611 g/mol. The van der Waals surface area contributed by atoms with Crippen LogP contribution in [0.15, 0.2) is 105 Å². The van der Waals surface area contributed by atoms with E-state index in [9.17, 15) is 0 Å². The number of anilines is 1. The fourth-order valence-electron chi connectivity index (χ4n) is 5.48. The maximum absolute atomic E-state index is 3.28. The third kappa shape index (κ3) is 10.8. The molecule has 0 unspecified atom stereocenters. The molecule has 4 aromatic rings. The van der Waals surface area contributed by atoms with Gasteiger partial charge in [0.1, 0.15) is 0 Å². The van der Waals surface area contributed by atoms with Gasteiger partial charge in [-0.2, -0.15) is 0 Å². The number of para-hydroxylation sites is 1. The zero-order chi connectivity index (χ0) is 30.4. The summed E-state index contributed by atoms with van der Waals surface area (Å²) >= 11 is 3.75. The molecule has 2 aliphatic rings. The van der Waals surface area contributed by atoms with E-state index in [0.29, 0.717) is 0 Å². The molecule has 4 aromatic carbocycles. The lowest BCUT2D eigenvalue weighted by Gasteiger charge is -2.30. The van der Waals surface area contributed by atoms with Crippen molar-refractivity contribution in [3.05, 3.63) is 113 Å². The standard InChI is InChI=1S/C19H23NS.C15H16S.C5H11N/c1-15-10-11-18(16(2)14-15)21-19-9-5-4-8-17(19)20-12-6-3-7-13-20;1-11-8-9-15(13(3)10-11)16-14-7-5-4-6-12(14)2;1-2-4-6-5-3-1/h4-5,8-11,14H,3,6-7,12-13H2,1-2H3;4-10H,1-3H3;6H,1-5H2. The van der Waals surface area contributed by atoms with E-state index in [0.717, 1.165) is 0 Å². The van der Waals surface area contributed by atoms with E-state index in [1.54, 1.807) is 0 Å². The zero-order valence-corrected chi connectivity index (χ0v) is 28.6. The molecular weight excluding hydrogens is 561 g/mol. The number of piperidine rings is 2. The smallest absolute Gasteiger partial charge is 0.0508 e. The van der Waals surface area contributed by atoms with Crippen LogP contribution in [0.3, 0.4) is 0 Å². The monoisotopic (exact) mass is 610 g/mol. The molecule has 0 radical (unpaired) electrons. The summed E-state index contributed by atoms with van der Waals surface area (Å²) in [6, 6.07) is 30.7. The highest BCUT2D eigenvalue weighted by molar-refractivity contribution is 7.99. The van der Waals surface area contributed by atoms with Crippen molar-refractivity contribution < 1.29 is 0 Å². The minimum atomic E-state index is 1.20. The van der Waals surface area contributed by atoms with Crippen LogP contribution >= 0.6 is 23.5 Å². The Kier molecular flexibility index (Phi) is 13.6. The Balaban J connectivity index is 0.000000169.